The molecule has 1 aromatic heterocycles. The number of nitrogens with zero attached hydrogens (tertiary/aromatic N) is 6. The highest BCUT2D eigenvalue weighted by Gasteiger charge is 2.40. The summed E-state index contributed by atoms with van der Waals surface area (Å²) in [7, 11) is 0.695. The molecular formula is C45H53ClN9O9PS. The highest BCUT2D eigenvalue weighted by atomic mass is 35.5. The van der Waals surface area contributed by atoms with Crippen molar-refractivity contribution in [1.82, 2.24) is 30.0 Å². The molecule has 0 saturated carbocycles. The number of nitrogens with one attached hydrogen (secondary N) is 3. The molecule has 18 nitrogen and oxygen atoms in total. The van der Waals surface area contributed by atoms with Crippen LogP contribution in [-0.4, -0.2) is 140 Å². The summed E-state index contributed by atoms with van der Waals surface area (Å²) in [4.78, 5) is 68.6. The molecule has 1 atom stereocenters. The summed E-state index contributed by atoms with van der Waals surface area (Å²) in [6.45, 7) is 5.39. The van der Waals surface area contributed by atoms with Crippen molar-refractivity contribution in [2.45, 2.75) is 49.2 Å². The van der Waals surface area contributed by atoms with Gasteiger partial charge in [0.15, 0.2) is 5.82 Å². The lowest BCUT2D eigenvalue weighted by atomic mass is 10.0. The van der Waals surface area contributed by atoms with Crippen LogP contribution in [0, 0.1) is 0 Å². The van der Waals surface area contributed by atoms with Crippen molar-refractivity contribution in [1.29, 1.82) is 0 Å². The summed E-state index contributed by atoms with van der Waals surface area (Å²) in [5.74, 6) is 0.827. The number of carbonyl (C=O) groups excluding carboxylic acids is 4. The van der Waals surface area contributed by atoms with E-state index in [4.69, 9.17) is 30.1 Å². The number of hydrogen-bond acceptors (Lipinski definition) is 16. The molecule has 4 aliphatic heterocycles. The summed E-state index contributed by atoms with van der Waals surface area (Å²) in [5, 5.41) is 9.32. The fraction of sp³-hybridized carbons (Fsp3) is 0.422. The smallest absolute Gasteiger partial charge is 0.362 e. The Labute approximate surface area is 392 Å². The van der Waals surface area contributed by atoms with Crippen molar-refractivity contribution in [2.75, 3.05) is 95.1 Å². The molecule has 0 bridgehead atoms. The minimum Gasteiger partial charge on any atom is -0.494 e. The number of hydrogen-bond donors (Lipinski definition) is 3. The fourth-order valence-corrected chi connectivity index (χ4v) is 11.1. The first kappa shape index (κ1) is 47.2. The van der Waals surface area contributed by atoms with Crippen molar-refractivity contribution in [2.24, 2.45) is 0 Å². The Balaban J connectivity index is 0.765. The predicted octanol–water partition coefficient (Wildman–Crippen LogP) is 5.42. The van der Waals surface area contributed by atoms with Gasteiger partial charge >= 0.3 is 7.60 Å². The van der Waals surface area contributed by atoms with Crippen LogP contribution in [0.1, 0.15) is 41.6 Å². The Morgan fingerprint density at radius 2 is 1.70 bits per heavy atom. The van der Waals surface area contributed by atoms with E-state index in [0.717, 1.165) is 55.2 Å². The maximum Gasteiger partial charge on any atom is 0.362 e. The maximum atomic E-state index is 13.2. The number of benzene rings is 3. The molecular weight excluding hydrogens is 909 g/mol. The Morgan fingerprint density at radius 3 is 2.44 bits per heavy atom. The minimum absolute atomic E-state index is 0.0149. The zero-order chi connectivity index (χ0) is 46.4. The van der Waals surface area contributed by atoms with Crippen LogP contribution in [0.3, 0.4) is 0 Å². The van der Waals surface area contributed by atoms with Gasteiger partial charge in [-0.1, -0.05) is 29.8 Å². The summed E-state index contributed by atoms with van der Waals surface area (Å²) in [5.41, 5.74) is 3.62. The van der Waals surface area contributed by atoms with Gasteiger partial charge in [-0.2, -0.15) is 4.98 Å². The highest BCUT2D eigenvalue weighted by molar-refractivity contribution is 7.99. The van der Waals surface area contributed by atoms with Gasteiger partial charge in [0.25, 0.3) is 5.91 Å². The molecule has 0 aliphatic carbocycles. The molecule has 3 aromatic carbocycles. The molecule has 5 heterocycles. The van der Waals surface area contributed by atoms with Crippen LogP contribution < -0.4 is 30.9 Å². The lowest BCUT2D eigenvalue weighted by Crippen LogP contribution is -2.54. The monoisotopic (exact) mass is 961 g/mol. The number of thioether (sulfide) groups is 1. The number of ether oxygens (including phenoxy) is 2. The average molecular weight is 962 g/mol. The van der Waals surface area contributed by atoms with Gasteiger partial charge in [0.2, 0.25) is 23.7 Å². The Hall–Kier alpha value is -5.27. The summed E-state index contributed by atoms with van der Waals surface area (Å²) >= 11 is 8.04. The topological polar surface area (TPSA) is 197 Å². The first-order chi connectivity index (χ1) is 32.0. The third kappa shape index (κ3) is 10.5. The molecule has 8 rings (SSSR count). The van der Waals surface area contributed by atoms with Gasteiger partial charge in [-0.05, 0) is 61.2 Å². The van der Waals surface area contributed by atoms with Crippen LogP contribution >= 0.6 is 31.0 Å². The summed E-state index contributed by atoms with van der Waals surface area (Å²) in [6, 6.07) is 18.2. The van der Waals surface area contributed by atoms with Crippen LogP contribution in [0.15, 0.2) is 71.8 Å². The lowest BCUT2D eigenvalue weighted by Gasteiger charge is -2.43. The Morgan fingerprint density at radius 1 is 0.924 bits per heavy atom. The molecule has 1 unspecified atom stereocenters. The molecule has 3 fully saturated rings. The summed E-state index contributed by atoms with van der Waals surface area (Å²) < 4.78 is 35.3. The van der Waals surface area contributed by atoms with Crippen LogP contribution in [0.4, 0.5) is 28.8 Å². The molecule has 3 N–H and O–H groups in total. The average Bonchev–Trinajstić information content (AvgIpc) is 3.68. The van der Waals surface area contributed by atoms with Gasteiger partial charge in [0.05, 0.1) is 36.6 Å². The standard InChI is InChI=1S/C45H53ClN9O9PS/c1-61-37-25-30(11-12-34(37)49-45-47-26-33(46)42(51-45)48-35-8-4-5-9-38(35)65(60,62-2)63-3)52-17-15-29(16-18-52)53-19-21-54(22-20-53)41(57)28-64-23-24-66-39-10-6-7-31-32(39)27-55(44(31)59)36-13-14-40(56)50-43(36)58/h4-12,25-26,29,36H,13-24,27-28H2,1-3H3,(H,50,56,58)(H2,47,48,49,51). The number of aromatic nitrogens is 2. The second-order valence-electron chi connectivity index (χ2n) is 16.1. The van der Waals surface area contributed by atoms with Gasteiger partial charge in [0.1, 0.15) is 23.4 Å². The van der Waals surface area contributed by atoms with Crippen LogP contribution in [-0.2, 0) is 39.3 Å². The number of rotatable bonds is 17. The second-order valence-corrected chi connectivity index (χ2v) is 19.9. The van der Waals surface area contributed by atoms with E-state index in [2.05, 4.69) is 35.7 Å². The molecule has 4 amide bonds. The maximum absolute atomic E-state index is 13.2. The second kappa shape index (κ2) is 21.1. The quantitative estimate of drug-likeness (QED) is 0.0525. The molecule has 0 radical (unpaired) electrons. The molecule has 350 valence electrons. The zero-order valence-corrected chi connectivity index (χ0v) is 39.5. The first-order valence-electron chi connectivity index (χ1n) is 21.8. The number of halogens is 1. The van der Waals surface area contributed by atoms with Crippen LogP contribution in [0.5, 0.6) is 5.75 Å². The summed E-state index contributed by atoms with van der Waals surface area (Å²) in [6.07, 6.45) is 3.99. The van der Waals surface area contributed by atoms with E-state index in [1.807, 2.05) is 35.2 Å². The molecule has 3 saturated heterocycles. The number of amides is 4. The number of carbonyl (C=O) groups is 4. The van der Waals surface area contributed by atoms with Crippen LogP contribution in [0.25, 0.3) is 0 Å². The van der Waals surface area contributed by atoms with Gasteiger partial charge in [-0.25, -0.2) is 4.98 Å². The molecule has 0 spiro atoms. The SMILES string of the molecule is COc1cc(N2CCC(N3CCN(C(=O)COCCSc4cccc5c4CN(C4CCC(=O)NC4=O)C5=O)CC3)CC2)ccc1Nc1ncc(Cl)c(Nc2ccccc2P(=O)(OC)OC)n1. The number of para-hydroxylation sites is 1. The van der Waals surface area contributed by atoms with E-state index in [-0.39, 0.29) is 41.7 Å². The van der Waals surface area contributed by atoms with Crippen molar-refractivity contribution in [3.63, 3.8) is 0 Å². The highest BCUT2D eigenvalue weighted by Crippen LogP contribution is 2.47. The zero-order valence-electron chi connectivity index (χ0n) is 37.0. The first-order valence-corrected chi connectivity index (χ1v) is 24.7. The molecule has 4 aromatic rings. The molecule has 66 heavy (non-hydrogen) atoms. The van der Waals surface area contributed by atoms with Gasteiger partial charge in [0, 0.05) is 100 Å². The number of methoxy groups -OCH3 is 1. The largest absolute Gasteiger partial charge is 0.494 e. The Bertz CT molecular complexity index is 2500. The van der Waals surface area contributed by atoms with E-state index < -0.39 is 19.5 Å². The fourth-order valence-electron chi connectivity index (χ4n) is 8.81. The number of piperidine rings is 2. The Kier molecular flexibility index (Phi) is 15.1. The van der Waals surface area contributed by atoms with Gasteiger partial charge in [-0.15, -0.1) is 11.8 Å². The van der Waals surface area contributed by atoms with Crippen molar-refractivity contribution >= 4 is 88.7 Å². The van der Waals surface area contributed by atoms with Gasteiger partial charge < -0.3 is 43.9 Å². The molecule has 21 heteroatoms. The predicted molar refractivity (Wildman–Crippen MR) is 252 cm³/mol. The van der Waals surface area contributed by atoms with E-state index in [9.17, 15) is 23.7 Å². The molecule has 4 aliphatic rings. The van der Waals surface area contributed by atoms with Crippen molar-refractivity contribution in [3.8, 4) is 5.75 Å². The van der Waals surface area contributed by atoms with E-state index in [0.29, 0.717) is 78.3 Å². The third-order valence-corrected chi connectivity index (χ3v) is 15.7. The van der Waals surface area contributed by atoms with E-state index in [1.54, 1.807) is 54.1 Å². The number of piperazine rings is 1. The minimum atomic E-state index is -3.57. The van der Waals surface area contributed by atoms with E-state index in [1.165, 1.54) is 20.4 Å². The van der Waals surface area contributed by atoms with Gasteiger partial charge in [-0.3, -0.25) is 34.0 Å². The van der Waals surface area contributed by atoms with Crippen molar-refractivity contribution < 1.29 is 42.3 Å². The van der Waals surface area contributed by atoms with Crippen LogP contribution in [0.2, 0.25) is 5.02 Å². The lowest BCUT2D eigenvalue weighted by molar-refractivity contribution is -0.138. The number of anilines is 5. The number of imide groups is 1. The van der Waals surface area contributed by atoms with E-state index >= 15 is 0 Å². The number of fused-ring (bicyclic) bond motifs is 1. The third-order valence-electron chi connectivity index (χ3n) is 12.4. The van der Waals surface area contributed by atoms with Crippen molar-refractivity contribution in [3.05, 3.63) is 83.0 Å². The normalized spacial score (nSPS) is 18.3.